The minimum Gasteiger partial charge on any atom is -0.481 e. The van der Waals surface area contributed by atoms with E-state index in [1.54, 1.807) is 19.2 Å². The second-order valence-electron chi connectivity index (χ2n) is 10.6. The molecule has 1 aliphatic rings. The lowest BCUT2D eigenvalue weighted by Gasteiger charge is -2.33. The normalized spacial score (nSPS) is 16.8. The third-order valence-electron chi connectivity index (χ3n) is 6.35. The molecule has 0 bridgehead atoms. The molecule has 0 radical (unpaired) electrons. The van der Waals surface area contributed by atoms with Gasteiger partial charge in [0, 0.05) is 18.7 Å². The lowest BCUT2D eigenvalue weighted by molar-refractivity contribution is -0.162. The molecule has 1 aromatic carbocycles. The number of methoxy groups -OCH3 is 1. The van der Waals surface area contributed by atoms with E-state index < -0.39 is 28.9 Å². The Morgan fingerprint density at radius 3 is 2.33 bits per heavy atom. The molecule has 0 heterocycles. The van der Waals surface area contributed by atoms with E-state index in [-0.39, 0.29) is 31.5 Å². The standard InChI is InChI=1S/C27H40ClNO7/c1-26(2,3)36-24(32)20(11-14-34-4)16-27(12-5-6-13-27)25(33)29-22(15-23(30)31)18-35-17-19-7-9-21(28)10-8-19/h7-10,20,22H,5-6,11-18H2,1-4H3,(H,29,33)(H,30,31). The fourth-order valence-corrected chi connectivity index (χ4v) is 4.72. The van der Waals surface area contributed by atoms with Gasteiger partial charge in [0.25, 0.3) is 0 Å². The summed E-state index contributed by atoms with van der Waals surface area (Å²) in [6, 6.07) is 6.48. The Morgan fingerprint density at radius 1 is 1.14 bits per heavy atom. The summed E-state index contributed by atoms with van der Waals surface area (Å²) in [5.41, 5.74) is -0.505. The molecular weight excluding hydrogens is 486 g/mol. The molecule has 1 aromatic rings. The number of ether oxygens (including phenoxy) is 3. The van der Waals surface area contributed by atoms with Gasteiger partial charge in [-0.15, -0.1) is 0 Å². The molecule has 0 aromatic heterocycles. The first-order chi connectivity index (χ1) is 16.9. The molecule has 1 fully saturated rings. The lowest BCUT2D eigenvalue weighted by atomic mass is 9.75. The fourth-order valence-electron chi connectivity index (χ4n) is 4.60. The van der Waals surface area contributed by atoms with Gasteiger partial charge < -0.3 is 24.6 Å². The molecule has 1 amide bonds. The van der Waals surface area contributed by atoms with E-state index in [1.165, 1.54) is 0 Å². The maximum Gasteiger partial charge on any atom is 0.309 e. The van der Waals surface area contributed by atoms with Crippen LogP contribution in [0.3, 0.4) is 0 Å². The van der Waals surface area contributed by atoms with Gasteiger partial charge in [0.1, 0.15) is 5.60 Å². The molecule has 8 nitrogen and oxygen atoms in total. The third-order valence-corrected chi connectivity index (χ3v) is 6.60. The number of carboxylic acid groups (broad SMARTS) is 1. The number of rotatable bonds is 14. The van der Waals surface area contributed by atoms with Crippen LogP contribution in [0, 0.1) is 11.3 Å². The Balaban J connectivity index is 2.10. The SMILES string of the molecule is COCCC(CC1(C(=O)NC(COCc2ccc(Cl)cc2)CC(=O)O)CCCC1)C(=O)OC(C)(C)C. The van der Waals surface area contributed by atoms with Crippen LogP contribution in [-0.4, -0.2) is 54.9 Å². The van der Waals surface area contributed by atoms with Gasteiger partial charge in [0.2, 0.25) is 5.91 Å². The van der Waals surface area contributed by atoms with Crippen molar-refractivity contribution in [3.05, 3.63) is 34.9 Å². The van der Waals surface area contributed by atoms with Crippen LogP contribution in [0.5, 0.6) is 0 Å². The molecule has 202 valence electrons. The molecule has 0 spiro atoms. The number of aliphatic carboxylic acids is 1. The Kier molecular flexibility index (Phi) is 11.7. The van der Waals surface area contributed by atoms with Crippen molar-refractivity contribution in [2.24, 2.45) is 11.3 Å². The lowest BCUT2D eigenvalue weighted by Crippen LogP contribution is -2.48. The first-order valence-electron chi connectivity index (χ1n) is 12.5. The van der Waals surface area contributed by atoms with E-state index in [0.717, 1.165) is 18.4 Å². The summed E-state index contributed by atoms with van der Waals surface area (Å²) in [6.45, 7) is 6.15. The molecule has 2 unspecified atom stereocenters. The highest BCUT2D eigenvalue weighted by molar-refractivity contribution is 6.30. The van der Waals surface area contributed by atoms with Crippen LogP contribution < -0.4 is 5.32 Å². The number of benzene rings is 1. The number of esters is 1. The predicted octanol–water partition coefficient (Wildman–Crippen LogP) is 4.76. The number of carbonyl (C=O) groups excluding carboxylic acids is 2. The Labute approximate surface area is 219 Å². The number of hydrogen-bond acceptors (Lipinski definition) is 6. The van der Waals surface area contributed by atoms with Crippen LogP contribution in [0.2, 0.25) is 5.02 Å². The minimum absolute atomic E-state index is 0.0515. The van der Waals surface area contributed by atoms with Gasteiger partial charge in [-0.2, -0.15) is 0 Å². The topological polar surface area (TPSA) is 111 Å². The minimum atomic E-state index is -1.03. The van der Waals surface area contributed by atoms with Gasteiger partial charge in [-0.25, -0.2) is 0 Å². The molecule has 2 atom stereocenters. The van der Waals surface area contributed by atoms with Crippen molar-refractivity contribution >= 4 is 29.4 Å². The monoisotopic (exact) mass is 525 g/mol. The van der Waals surface area contributed by atoms with Crippen molar-refractivity contribution in [3.8, 4) is 0 Å². The second kappa shape index (κ2) is 14.0. The van der Waals surface area contributed by atoms with Crippen molar-refractivity contribution in [1.29, 1.82) is 0 Å². The molecule has 36 heavy (non-hydrogen) atoms. The average Bonchev–Trinajstić information content (AvgIpc) is 3.26. The van der Waals surface area contributed by atoms with Gasteiger partial charge in [0.15, 0.2) is 0 Å². The van der Waals surface area contributed by atoms with Gasteiger partial charge in [-0.3, -0.25) is 14.4 Å². The highest BCUT2D eigenvalue weighted by atomic mass is 35.5. The average molecular weight is 526 g/mol. The fraction of sp³-hybridized carbons (Fsp3) is 0.667. The van der Waals surface area contributed by atoms with E-state index in [0.29, 0.717) is 37.3 Å². The van der Waals surface area contributed by atoms with E-state index in [9.17, 15) is 19.5 Å². The zero-order chi connectivity index (χ0) is 26.8. The zero-order valence-corrected chi connectivity index (χ0v) is 22.6. The molecule has 2 N–H and O–H groups in total. The molecule has 0 aliphatic heterocycles. The summed E-state index contributed by atoms with van der Waals surface area (Å²) >= 11 is 5.91. The molecular formula is C27H40ClNO7. The van der Waals surface area contributed by atoms with Gasteiger partial charge in [0.05, 0.1) is 37.0 Å². The van der Waals surface area contributed by atoms with Crippen LogP contribution in [0.1, 0.15) is 71.3 Å². The third kappa shape index (κ3) is 10.1. The van der Waals surface area contributed by atoms with Crippen LogP contribution in [0.4, 0.5) is 0 Å². The largest absolute Gasteiger partial charge is 0.481 e. The summed E-state index contributed by atoms with van der Waals surface area (Å²) in [6.07, 6.45) is 3.53. The number of carbonyl (C=O) groups is 3. The van der Waals surface area contributed by atoms with E-state index in [4.69, 9.17) is 25.8 Å². The van der Waals surface area contributed by atoms with Crippen molar-refractivity contribution in [2.45, 2.75) is 84.0 Å². The zero-order valence-electron chi connectivity index (χ0n) is 21.8. The first-order valence-corrected chi connectivity index (χ1v) is 12.9. The number of nitrogens with one attached hydrogen (secondary N) is 1. The summed E-state index contributed by atoms with van der Waals surface area (Å²) in [4.78, 5) is 38.0. The number of amides is 1. The number of carboxylic acids is 1. The van der Waals surface area contributed by atoms with Crippen molar-refractivity contribution in [2.75, 3.05) is 20.3 Å². The van der Waals surface area contributed by atoms with Crippen LogP contribution >= 0.6 is 11.6 Å². The second-order valence-corrected chi connectivity index (χ2v) is 11.0. The smallest absolute Gasteiger partial charge is 0.309 e. The molecule has 2 rings (SSSR count). The summed E-state index contributed by atoms with van der Waals surface area (Å²) in [5, 5.41) is 12.9. The summed E-state index contributed by atoms with van der Waals surface area (Å²) in [7, 11) is 1.57. The van der Waals surface area contributed by atoms with Gasteiger partial charge in [-0.05, 0) is 64.2 Å². The predicted molar refractivity (Wildman–Crippen MR) is 137 cm³/mol. The van der Waals surface area contributed by atoms with E-state index >= 15 is 0 Å². The van der Waals surface area contributed by atoms with Crippen LogP contribution in [-0.2, 0) is 35.2 Å². The number of hydrogen-bond donors (Lipinski definition) is 2. The summed E-state index contributed by atoms with van der Waals surface area (Å²) in [5.74, 6) is -2.09. The highest BCUT2D eigenvalue weighted by Crippen LogP contribution is 2.44. The Morgan fingerprint density at radius 2 is 1.78 bits per heavy atom. The summed E-state index contributed by atoms with van der Waals surface area (Å²) < 4.78 is 16.6. The molecule has 1 saturated carbocycles. The van der Waals surface area contributed by atoms with E-state index in [2.05, 4.69) is 5.32 Å². The molecule has 1 aliphatic carbocycles. The number of halogens is 1. The Bertz CT molecular complexity index is 860. The van der Waals surface area contributed by atoms with E-state index in [1.807, 2.05) is 32.9 Å². The molecule has 0 saturated heterocycles. The van der Waals surface area contributed by atoms with Crippen LogP contribution in [0.25, 0.3) is 0 Å². The van der Waals surface area contributed by atoms with Crippen molar-refractivity contribution < 1.29 is 33.7 Å². The Hall–Kier alpha value is -2.16. The first kappa shape index (κ1) is 30.1. The van der Waals surface area contributed by atoms with Gasteiger partial charge in [-0.1, -0.05) is 36.6 Å². The maximum absolute atomic E-state index is 13.6. The van der Waals surface area contributed by atoms with Gasteiger partial charge >= 0.3 is 11.9 Å². The quantitative estimate of drug-likeness (QED) is 0.337. The van der Waals surface area contributed by atoms with Crippen molar-refractivity contribution in [1.82, 2.24) is 5.32 Å². The highest BCUT2D eigenvalue weighted by Gasteiger charge is 2.45. The van der Waals surface area contributed by atoms with Crippen molar-refractivity contribution in [3.63, 3.8) is 0 Å². The maximum atomic E-state index is 13.6. The molecule has 9 heteroatoms. The van der Waals surface area contributed by atoms with Crippen LogP contribution in [0.15, 0.2) is 24.3 Å².